The summed E-state index contributed by atoms with van der Waals surface area (Å²) < 4.78 is 20.3. The highest BCUT2D eigenvalue weighted by atomic mass is 19.1. The van der Waals surface area contributed by atoms with Crippen molar-refractivity contribution in [3.63, 3.8) is 0 Å². The van der Waals surface area contributed by atoms with E-state index in [-0.39, 0.29) is 6.42 Å². The quantitative estimate of drug-likeness (QED) is 0.594. The van der Waals surface area contributed by atoms with Gasteiger partial charge in [-0.15, -0.1) is 0 Å². The van der Waals surface area contributed by atoms with Gasteiger partial charge < -0.3 is 20.3 Å². The molecule has 8 nitrogen and oxygen atoms in total. The molecular formula is C17H26FN3O5. The number of hydrogen-bond donors (Lipinski definition) is 3. The second-order valence-corrected chi connectivity index (χ2v) is 6.55. The topological polar surface area (TPSA) is 114 Å². The number of halogens is 1. The summed E-state index contributed by atoms with van der Waals surface area (Å²) in [6.07, 6.45) is 1.36. The van der Waals surface area contributed by atoms with Crippen LogP contribution in [0.4, 0.5) is 10.2 Å². The van der Waals surface area contributed by atoms with Gasteiger partial charge in [-0.3, -0.25) is 9.36 Å². The number of nitrogens with zero attached hydrogens (tertiary/aromatic N) is 2. The highest BCUT2D eigenvalue weighted by molar-refractivity contribution is 5.89. The van der Waals surface area contributed by atoms with Crippen LogP contribution in [-0.2, 0) is 9.53 Å². The van der Waals surface area contributed by atoms with E-state index >= 15 is 0 Å². The lowest BCUT2D eigenvalue weighted by Gasteiger charge is -2.17. The van der Waals surface area contributed by atoms with Crippen LogP contribution in [0.1, 0.15) is 58.6 Å². The molecule has 0 saturated carbocycles. The molecule has 3 N–H and O–H groups in total. The Bertz CT molecular complexity index is 681. The maximum atomic E-state index is 14.2. The van der Waals surface area contributed by atoms with Gasteiger partial charge in [-0.2, -0.15) is 4.98 Å². The van der Waals surface area contributed by atoms with E-state index in [0.29, 0.717) is 6.42 Å². The second-order valence-electron chi connectivity index (χ2n) is 6.55. The molecule has 0 bridgehead atoms. The van der Waals surface area contributed by atoms with Crippen LogP contribution in [-0.4, -0.2) is 44.0 Å². The molecule has 0 aromatic carbocycles. The zero-order valence-corrected chi connectivity index (χ0v) is 15.0. The number of amides is 1. The smallest absolute Gasteiger partial charge is 0.351 e. The monoisotopic (exact) mass is 371 g/mol. The van der Waals surface area contributed by atoms with Crippen LogP contribution in [0.5, 0.6) is 0 Å². The van der Waals surface area contributed by atoms with Gasteiger partial charge in [-0.1, -0.05) is 32.6 Å². The van der Waals surface area contributed by atoms with Gasteiger partial charge in [0.25, 0.3) is 0 Å². The van der Waals surface area contributed by atoms with Gasteiger partial charge in [0.05, 0.1) is 12.3 Å². The summed E-state index contributed by atoms with van der Waals surface area (Å²) in [5.41, 5.74) is -0.894. The molecule has 1 saturated heterocycles. The van der Waals surface area contributed by atoms with Crippen molar-refractivity contribution in [3.05, 3.63) is 22.5 Å². The predicted molar refractivity (Wildman–Crippen MR) is 92.1 cm³/mol. The van der Waals surface area contributed by atoms with Crippen LogP contribution >= 0.6 is 0 Å². The third-order valence-corrected chi connectivity index (χ3v) is 4.42. The van der Waals surface area contributed by atoms with Crippen molar-refractivity contribution in [1.82, 2.24) is 9.55 Å². The lowest BCUT2D eigenvalue weighted by atomic mass is 10.1. The number of anilines is 1. The number of carbonyl (C=O) groups is 1. The molecule has 1 aliphatic rings. The lowest BCUT2D eigenvalue weighted by Crippen LogP contribution is -2.36. The van der Waals surface area contributed by atoms with Crippen LogP contribution in [0.3, 0.4) is 0 Å². The van der Waals surface area contributed by atoms with Crippen molar-refractivity contribution in [2.75, 3.05) is 5.32 Å². The molecule has 0 spiro atoms. The molecule has 0 aliphatic carbocycles. The van der Waals surface area contributed by atoms with Gasteiger partial charge in [0.2, 0.25) is 5.91 Å². The first kappa shape index (κ1) is 20.5. The molecule has 1 aliphatic heterocycles. The predicted octanol–water partition coefficient (Wildman–Crippen LogP) is 1.32. The maximum absolute atomic E-state index is 14.2. The van der Waals surface area contributed by atoms with E-state index in [1.165, 1.54) is 6.92 Å². The Balaban J connectivity index is 2.01. The number of carbonyl (C=O) groups excluding carboxylic acids is 1. The van der Waals surface area contributed by atoms with E-state index in [9.17, 15) is 24.2 Å². The molecule has 1 amide bonds. The van der Waals surface area contributed by atoms with Gasteiger partial charge in [0.15, 0.2) is 17.9 Å². The molecule has 146 valence electrons. The van der Waals surface area contributed by atoms with Crippen molar-refractivity contribution < 1.29 is 24.1 Å². The van der Waals surface area contributed by atoms with Gasteiger partial charge in [-0.25, -0.2) is 9.18 Å². The van der Waals surface area contributed by atoms with E-state index in [4.69, 9.17) is 4.74 Å². The fraction of sp³-hybridized carbons (Fsp3) is 0.706. The lowest BCUT2D eigenvalue weighted by molar-refractivity contribution is -0.116. The average molecular weight is 371 g/mol. The highest BCUT2D eigenvalue weighted by Gasteiger charge is 2.42. The normalized spacial score (nSPS) is 25.4. The molecule has 0 unspecified atom stereocenters. The van der Waals surface area contributed by atoms with Gasteiger partial charge in [-0.05, 0) is 13.3 Å². The Labute approximate surface area is 151 Å². The minimum absolute atomic E-state index is 0.224. The third-order valence-electron chi connectivity index (χ3n) is 4.42. The standard InChI is InChI=1S/C17H26FN3O5/c1-3-4-5-6-7-8-12(22)19-15-11(18)9-21(17(25)20-15)16-14(24)13(23)10(2)26-16/h9-10,13-14,16,23-24H,3-8H2,1-2H3,(H,19,20,22,25)/t10-,13-,14-,16-/m1/s1. The summed E-state index contributed by atoms with van der Waals surface area (Å²) in [4.78, 5) is 27.5. The van der Waals surface area contributed by atoms with Crippen molar-refractivity contribution in [2.45, 2.75) is 76.9 Å². The van der Waals surface area contributed by atoms with Crippen LogP contribution < -0.4 is 11.0 Å². The Hall–Kier alpha value is -1.84. The minimum atomic E-state index is -1.38. The maximum Gasteiger partial charge on any atom is 0.351 e. The highest BCUT2D eigenvalue weighted by Crippen LogP contribution is 2.28. The first-order valence-corrected chi connectivity index (χ1v) is 8.95. The Kier molecular flexibility index (Phi) is 7.24. The number of ether oxygens (including phenoxy) is 1. The molecule has 2 heterocycles. The van der Waals surface area contributed by atoms with E-state index in [0.717, 1.165) is 36.4 Å². The molecule has 1 aromatic rings. The van der Waals surface area contributed by atoms with E-state index < -0.39 is 47.8 Å². The SMILES string of the molecule is CCCCCCCC(=O)Nc1nc(=O)n([C@@H]2O[C@H](C)[C@@H](O)[C@H]2O)cc1F. The van der Waals surface area contributed by atoms with E-state index in [1.807, 2.05) is 0 Å². The van der Waals surface area contributed by atoms with Crippen molar-refractivity contribution >= 4 is 11.7 Å². The average Bonchev–Trinajstić information content (AvgIpc) is 2.85. The van der Waals surface area contributed by atoms with Gasteiger partial charge in [0.1, 0.15) is 12.2 Å². The Morgan fingerprint density at radius 3 is 2.62 bits per heavy atom. The first-order chi connectivity index (χ1) is 12.3. The zero-order chi connectivity index (χ0) is 19.3. The molecule has 9 heteroatoms. The van der Waals surface area contributed by atoms with Gasteiger partial charge in [0, 0.05) is 6.42 Å². The number of rotatable bonds is 8. The minimum Gasteiger partial charge on any atom is -0.388 e. The number of aliphatic hydroxyl groups is 2. The number of aromatic nitrogens is 2. The number of nitrogens with one attached hydrogen (secondary N) is 1. The molecule has 4 atom stereocenters. The van der Waals surface area contributed by atoms with Crippen LogP contribution in [0.25, 0.3) is 0 Å². The zero-order valence-electron chi connectivity index (χ0n) is 15.0. The fourth-order valence-electron chi connectivity index (χ4n) is 2.86. The Morgan fingerprint density at radius 1 is 1.31 bits per heavy atom. The number of hydrogen-bond acceptors (Lipinski definition) is 6. The van der Waals surface area contributed by atoms with Crippen molar-refractivity contribution in [3.8, 4) is 0 Å². The number of unbranched alkanes of at least 4 members (excludes halogenated alkanes) is 4. The van der Waals surface area contributed by atoms with Crippen molar-refractivity contribution in [1.29, 1.82) is 0 Å². The second kappa shape index (κ2) is 9.20. The third kappa shape index (κ3) is 4.87. The summed E-state index contributed by atoms with van der Waals surface area (Å²) in [5, 5.41) is 21.9. The molecule has 0 radical (unpaired) electrons. The van der Waals surface area contributed by atoms with E-state index in [2.05, 4.69) is 17.2 Å². The summed E-state index contributed by atoms with van der Waals surface area (Å²) >= 11 is 0. The van der Waals surface area contributed by atoms with Crippen molar-refractivity contribution in [2.24, 2.45) is 0 Å². The molecular weight excluding hydrogens is 345 g/mol. The summed E-state index contributed by atoms with van der Waals surface area (Å²) in [7, 11) is 0. The molecule has 2 rings (SSSR count). The van der Waals surface area contributed by atoms with Crippen LogP contribution in [0.2, 0.25) is 0 Å². The van der Waals surface area contributed by atoms with Crippen LogP contribution in [0.15, 0.2) is 11.0 Å². The van der Waals surface area contributed by atoms with Gasteiger partial charge >= 0.3 is 5.69 Å². The summed E-state index contributed by atoms with van der Waals surface area (Å²) in [5.74, 6) is -1.79. The Morgan fingerprint density at radius 2 is 2.00 bits per heavy atom. The first-order valence-electron chi connectivity index (χ1n) is 8.95. The molecule has 1 aromatic heterocycles. The molecule has 26 heavy (non-hydrogen) atoms. The largest absolute Gasteiger partial charge is 0.388 e. The summed E-state index contributed by atoms with van der Waals surface area (Å²) in [6.45, 7) is 3.62. The summed E-state index contributed by atoms with van der Waals surface area (Å²) in [6, 6.07) is 0. The van der Waals surface area contributed by atoms with Crippen LogP contribution in [0, 0.1) is 5.82 Å². The number of aliphatic hydroxyl groups excluding tert-OH is 2. The fourth-order valence-corrected chi connectivity index (χ4v) is 2.86. The van der Waals surface area contributed by atoms with E-state index in [1.54, 1.807) is 0 Å². The molecule has 1 fully saturated rings.